The van der Waals surface area contributed by atoms with E-state index in [1.807, 2.05) is 52.0 Å². The summed E-state index contributed by atoms with van der Waals surface area (Å²) >= 11 is 0. The average Bonchev–Trinajstić information content (AvgIpc) is 3.04. The zero-order chi connectivity index (χ0) is 18.4. The molecule has 0 N–H and O–H groups in total. The van der Waals surface area contributed by atoms with E-state index in [2.05, 4.69) is 5.16 Å². The van der Waals surface area contributed by atoms with Gasteiger partial charge in [-0.1, -0.05) is 29.4 Å². The van der Waals surface area contributed by atoms with E-state index >= 15 is 0 Å². The normalized spacial score (nSPS) is 18.4. The summed E-state index contributed by atoms with van der Waals surface area (Å²) in [5, 5.41) is 3.87. The van der Waals surface area contributed by atoms with E-state index in [1.165, 1.54) is 7.11 Å². The highest BCUT2D eigenvalue weighted by molar-refractivity contribution is 6.62. The van der Waals surface area contributed by atoms with Gasteiger partial charge in [-0.2, -0.15) is 0 Å². The second-order valence-corrected chi connectivity index (χ2v) is 7.17. The van der Waals surface area contributed by atoms with Crippen LogP contribution in [0.2, 0.25) is 0 Å². The number of benzene rings is 1. The van der Waals surface area contributed by atoms with Crippen molar-refractivity contribution in [2.24, 2.45) is 0 Å². The minimum atomic E-state index is -0.469. The van der Waals surface area contributed by atoms with Crippen LogP contribution < -0.4 is 5.46 Å². The van der Waals surface area contributed by atoms with Crippen molar-refractivity contribution < 1.29 is 23.4 Å². The van der Waals surface area contributed by atoms with E-state index in [4.69, 9.17) is 18.6 Å². The molecule has 25 heavy (non-hydrogen) atoms. The van der Waals surface area contributed by atoms with Gasteiger partial charge in [0.05, 0.1) is 24.0 Å². The largest absolute Gasteiger partial charge is 0.494 e. The molecule has 6 nitrogen and oxygen atoms in total. The smallest absolute Gasteiger partial charge is 0.465 e. The lowest BCUT2D eigenvalue weighted by molar-refractivity contribution is 0.00578. The average molecular weight is 343 g/mol. The van der Waals surface area contributed by atoms with Crippen LogP contribution in [0.5, 0.6) is 0 Å². The van der Waals surface area contributed by atoms with Crippen molar-refractivity contribution in [3.63, 3.8) is 0 Å². The molecule has 2 heterocycles. The zero-order valence-corrected chi connectivity index (χ0v) is 15.4. The summed E-state index contributed by atoms with van der Waals surface area (Å²) in [6, 6.07) is 7.51. The van der Waals surface area contributed by atoms with Crippen LogP contribution in [0.3, 0.4) is 0 Å². The predicted octanol–water partition coefficient (Wildman–Crippen LogP) is 2.74. The molecule has 1 aliphatic heterocycles. The Bertz CT molecular complexity index is 778. The van der Waals surface area contributed by atoms with Crippen molar-refractivity contribution in [1.82, 2.24) is 5.16 Å². The van der Waals surface area contributed by atoms with Crippen molar-refractivity contribution in [3.8, 4) is 11.3 Å². The molecular weight excluding hydrogens is 321 g/mol. The van der Waals surface area contributed by atoms with E-state index in [-0.39, 0.29) is 0 Å². The van der Waals surface area contributed by atoms with Crippen molar-refractivity contribution in [2.75, 3.05) is 7.11 Å². The predicted molar refractivity (Wildman–Crippen MR) is 93.7 cm³/mol. The summed E-state index contributed by atoms with van der Waals surface area (Å²) in [5.74, 6) is -0.0754. The lowest BCUT2D eigenvalue weighted by atomic mass is 9.78. The molecule has 0 amide bonds. The van der Waals surface area contributed by atoms with E-state index < -0.39 is 24.3 Å². The topological polar surface area (TPSA) is 70.8 Å². The maximum atomic E-state index is 11.9. The van der Waals surface area contributed by atoms with E-state index in [1.54, 1.807) is 6.92 Å². The van der Waals surface area contributed by atoms with Gasteiger partial charge in [0.2, 0.25) is 0 Å². The molecule has 1 fully saturated rings. The van der Waals surface area contributed by atoms with Crippen LogP contribution in [0.15, 0.2) is 28.8 Å². The standard InChI is InChI=1S/C18H22BNO5/c1-11-14(16(21)22-6)15(23-20-11)12-7-9-13(10-8-12)19-24-17(2,3)18(4,5)25-19/h7-10H,1-6H3. The monoisotopic (exact) mass is 343 g/mol. The lowest BCUT2D eigenvalue weighted by Gasteiger charge is -2.32. The van der Waals surface area contributed by atoms with Crippen LogP contribution in [0.25, 0.3) is 11.3 Å². The third-order valence-corrected chi connectivity index (χ3v) is 4.95. The summed E-state index contributed by atoms with van der Waals surface area (Å²) in [6.45, 7) is 9.77. The fourth-order valence-electron chi connectivity index (χ4n) is 2.68. The van der Waals surface area contributed by atoms with E-state index in [0.717, 1.165) is 11.0 Å². The third kappa shape index (κ3) is 2.98. The second kappa shape index (κ2) is 6.00. The number of methoxy groups -OCH3 is 1. The highest BCUT2D eigenvalue weighted by Gasteiger charge is 2.51. The Kier molecular flexibility index (Phi) is 4.25. The van der Waals surface area contributed by atoms with Crippen molar-refractivity contribution >= 4 is 18.6 Å². The molecule has 1 saturated heterocycles. The fourth-order valence-corrected chi connectivity index (χ4v) is 2.68. The number of carbonyl (C=O) groups excluding carboxylic acids is 1. The number of nitrogens with zero attached hydrogens (tertiary/aromatic N) is 1. The summed E-state index contributed by atoms with van der Waals surface area (Å²) in [6.07, 6.45) is 0. The molecule has 2 aromatic rings. The van der Waals surface area contributed by atoms with Gasteiger partial charge in [0.1, 0.15) is 5.56 Å². The van der Waals surface area contributed by atoms with Gasteiger partial charge < -0.3 is 18.6 Å². The van der Waals surface area contributed by atoms with Crippen LogP contribution >= 0.6 is 0 Å². The van der Waals surface area contributed by atoms with Gasteiger partial charge in [0.15, 0.2) is 5.76 Å². The van der Waals surface area contributed by atoms with Crippen molar-refractivity contribution in [3.05, 3.63) is 35.5 Å². The van der Waals surface area contributed by atoms with Gasteiger partial charge in [-0.05, 0) is 40.1 Å². The Morgan fingerprint density at radius 1 is 1.08 bits per heavy atom. The fraction of sp³-hybridized carbons (Fsp3) is 0.444. The molecule has 132 valence electrons. The molecule has 0 atom stereocenters. The third-order valence-electron chi connectivity index (χ3n) is 4.95. The number of hydrogen-bond acceptors (Lipinski definition) is 6. The Morgan fingerprint density at radius 3 is 2.16 bits per heavy atom. The molecule has 0 saturated carbocycles. The Balaban J connectivity index is 1.89. The molecular formula is C18H22BNO5. The summed E-state index contributed by atoms with van der Waals surface area (Å²) in [7, 11) is 0.899. The van der Waals surface area contributed by atoms with Crippen molar-refractivity contribution in [1.29, 1.82) is 0 Å². The van der Waals surface area contributed by atoms with Crippen LogP contribution in [-0.2, 0) is 14.0 Å². The Hall–Kier alpha value is -2.12. The summed E-state index contributed by atoms with van der Waals surface area (Å²) in [4.78, 5) is 11.9. The number of aryl methyl sites for hydroxylation is 1. The number of rotatable bonds is 3. The Morgan fingerprint density at radius 2 is 1.64 bits per heavy atom. The SMILES string of the molecule is COC(=O)c1c(C)noc1-c1ccc(B2OC(C)(C)C(C)(C)O2)cc1. The van der Waals surface area contributed by atoms with Crippen LogP contribution in [0, 0.1) is 6.92 Å². The van der Waals surface area contributed by atoms with Gasteiger partial charge in [-0.3, -0.25) is 0 Å². The van der Waals surface area contributed by atoms with Gasteiger partial charge in [0.25, 0.3) is 0 Å². The highest BCUT2D eigenvalue weighted by Crippen LogP contribution is 2.36. The number of esters is 1. The van der Waals surface area contributed by atoms with E-state index in [9.17, 15) is 4.79 Å². The number of hydrogen-bond donors (Lipinski definition) is 0. The molecule has 1 aliphatic rings. The first-order chi connectivity index (χ1) is 11.7. The van der Waals surface area contributed by atoms with Gasteiger partial charge in [0, 0.05) is 5.56 Å². The first-order valence-electron chi connectivity index (χ1n) is 8.17. The minimum Gasteiger partial charge on any atom is -0.465 e. The second-order valence-electron chi connectivity index (χ2n) is 7.17. The summed E-state index contributed by atoms with van der Waals surface area (Å²) < 4.78 is 22.2. The van der Waals surface area contributed by atoms with Crippen molar-refractivity contribution in [2.45, 2.75) is 45.8 Å². The molecule has 1 aromatic heterocycles. The molecule has 3 rings (SSSR count). The maximum absolute atomic E-state index is 11.9. The first kappa shape index (κ1) is 17.7. The van der Waals surface area contributed by atoms with E-state index in [0.29, 0.717) is 17.0 Å². The highest BCUT2D eigenvalue weighted by atomic mass is 16.7. The molecule has 7 heteroatoms. The minimum absolute atomic E-state index is 0.339. The van der Waals surface area contributed by atoms with Crippen LogP contribution in [0.1, 0.15) is 43.7 Å². The van der Waals surface area contributed by atoms with Gasteiger partial charge in [-0.15, -0.1) is 0 Å². The molecule has 0 spiro atoms. The van der Waals surface area contributed by atoms with Gasteiger partial charge >= 0.3 is 13.1 Å². The molecule has 0 unspecified atom stereocenters. The molecule has 0 aliphatic carbocycles. The Labute approximate surface area is 147 Å². The molecule has 1 aromatic carbocycles. The number of ether oxygens (including phenoxy) is 1. The summed E-state index contributed by atoms with van der Waals surface area (Å²) in [5.41, 5.74) is 1.69. The van der Waals surface area contributed by atoms with Crippen LogP contribution in [-0.4, -0.2) is 36.6 Å². The lowest BCUT2D eigenvalue weighted by Crippen LogP contribution is -2.41. The molecule has 0 bridgehead atoms. The zero-order valence-electron chi connectivity index (χ0n) is 15.4. The maximum Gasteiger partial charge on any atom is 0.494 e. The quantitative estimate of drug-likeness (QED) is 0.630. The number of aromatic nitrogens is 1. The first-order valence-corrected chi connectivity index (χ1v) is 8.17. The van der Waals surface area contributed by atoms with Gasteiger partial charge in [-0.25, -0.2) is 4.79 Å². The molecule has 0 radical (unpaired) electrons. The van der Waals surface area contributed by atoms with Crippen LogP contribution in [0.4, 0.5) is 0 Å². The number of carbonyl (C=O) groups is 1.